The van der Waals surface area contributed by atoms with Gasteiger partial charge in [0.25, 0.3) is 0 Å². The molecule has 0 saturated heterocycles. The second kappa shape index (κ2) is 5.27. The van der Waals surface area contributed by atoms with E-state index in [0.29, 0.717) is 6.42 Å². The molecule has 0 unspecified atom stereocenters. The number of carbonyl (C=O) groups excluding carboxylic acids is 1. The summed E-state index contributed by atoms with van der Waals surface area (Å²) in [6.45, 7) is 0. The van der Waals surface area contributed by atoms with Crippen LogP contribution in [0.4, 0.5) is 0 Å². The van der Waals surface area contributed by atoms with Gasteiger partial charge in [-0.25, -0.2) is 0 Å². The van der Waals surface area contributed by atoms with Crippen molar-refractivity contribution >= 4 is 43.8 Å². The second-order valence-electron chi connectivity index (χ2n) is 4.38. The number of rotatable bonds is 3. The molecule has 19 heavy (non-hydrogen) atoms. The minimum Gasteiger partial charge on any atom is -0.294 e. The fourth-order valence-electron chi connectivity index (χ4n) is 2.18. The molecule has 0 radical (unpaired) electrons. The van der Waals surface area contributed by atoms with Gasteiger partial charge in [-0.3, -0.25) is 4.79 Å². The lowest BCUT2D eigenvalue weighted by atomic mass is 9.99. The molecule has 3 aromatic rings. The van der Waals surface area contributed by atoms with E-state index in [0.717, 1.165) is 20.3 Å². The summed E-state index contributed by atoms with van der Waals surface area (Å²) in [7, 11) is 0. The number of hydrogen-bond donors (Lipinski definition) is 0. The first-order valence-electron chi connectivity index (χ1n) is 5.98. The Morgan fingerprint density at radius 1 is 1.11 bits per heavy atom. The van der Waals surface area contributed by atoms with Crippen molar-refractivity contribution in [2.45, 2.75) is 6.42 Å². The van der Waals surface area contributed by atoms with Gasteiger partial charge in [0.1, 0.15) is 0 Å². The molecule has 2 aromatic carbocycles. The highest BCUT2D eigenvalue weighted by molar-refractivity contribution is 9.11. The van der Waals surface area contributed by atoms with Crippen LogP contribution in [0, 0.1) is 0 Å². The molecular formula is C16H11BrOS. The Balaban J connectivity index is 1.95. The minimum absolute atomic E-state index is 0.165. The number of thiophene rings is 1. The summed E-state index contributed by atoms with van der Waals surface area (Å²) < 4.78 is 0.994. The third-order valence-electron chi connectivity index (χ3n) is 3.12. The third kappa shape index (κ3) is 2.62. The summed E-state index contributed by atoms with van der Waals surface area (Å²) >= 11 is 4.93. The molecule has 1 nitrogen and oxygen atoms in total. The molecule has 0 amide bonds. The first-order chi connectivity index (χ1) is 9.24. The summed E-state index contributed by atoms with van der Waals surface area (Å²) in [6.07, 6.45) is 0.449. The standard InChI is InChI=1S/C16H11BrOS/c17-16-9-13(10-19-16)15(18)8-12-6-3-5-11-4-1-2-7-14(11)12/h1-7,9-10H,8H2. The molecule has 1 aromatic heterocycles. The quantitative estimate of drug-likeness (QED) is 0.611. The normalized spacial score (nSPS) is 10.8. The molecule has 0 fully saturated rings. The largest absolute Gasteiger partial charge is 0.294 e. The van der Waals surface area contributed by atoms with E-state index in [-0.39, 0.29) is 5.78 Å². The monoisotopic (exact) mass is 330 g/mol. The van der Waals surface area contributed by atoms with Crippen molar-refractivity contribution in [1.29, 1.82) is 0 Å². The van der Waals surface area contributed by atoms with E-state index >= 15 is 0 Å². The SMILES string of the molecule is O=C(Cc1cccc2ccccc12)c1csc(Br)c1. The molecule has 3 rings (SSSR count). The zero-order valence-corrected chi connectivity index (χ0v) is 12.5. The van der Waals surface area contributed by atoms with Crippen molar-refractivity contribution in [3.05, 3.63) is 68.8 Å². The molecule has 0 spiro atoms. The van der Waals surface area contributed by atoms with E-state index in [1.54, 1.807) is 11.3 Å². The van der Waals surface area contributed by atoms with Crippen LogP contribution < -0.4 is 0 Å². The van der Waals surface area contributed by atoms with Gasteiger partial charge in [0.05, 0.1) is 3.79 Å². The number of ketones is 1. The molecule has 1 heterocycles. The van der Waals surface area contributed by atoms with Crippen molar-refractivity contribution in [3.8, 4) is 0 Å². The molecule has 94 valence electrons. The maximum Gasteiger partial charge on any atom is 0.168 e. The van der Waals surface area contributed by atoms with Crippen LogP contribution in [-0.2, 0) is 6.42 Å². The van der Waals surface area contributed by atoms with Gasteiger partial charge in [0, 0.05) is 17.4 Å². The van der Waals surface area contributed by atoms with E-state index in [2.05, 4.69) is 34.1 Å². The summed E-state index contributed by atoms with van der Waals surface area (Å²) in [5.41, 5.74) is 1.87. The van der Waals surface area contributed by atoms with Crippen molar-refractivity contribution in [2.24, 2.45) is 0 Å². The van der Waals surface area contributed by atoms with Gasteiger partial charge in [0.2, 0.25) is 0 Å². The van der Waals surface area contributed by atoms with Gasteiger partial charge < -0.3 is 0 Å². The summed E-state index contributed by atoms with van der Waals surface area (Å²) in [6, 6.07) is 16.2. The van der Waals surface area contributed by atoms with Crippen LogP contribution in [0.5, 0.6) is 0 Å². The number of carbonyl (C=O) groups is 1. The van der Waals surface area contributed by atoms with Crippen molar-refractivity contribution in [2.75, 3.05) is 0 Å². The van der Waals surface area contributed by atoms with Gasteiger partial charge in [-0.05, 0) is 38.3 Å². The average Bonchev–Trinajstić information content (AvgIpc) is 2.86. The first-order valence-corrected chi connectivity index (χ1v) is 7.65. The van der Waals surface area contributed by atoms with Gasteiger partial charge >= 0.3 is 0 Å². The Kier molecular flexibility index (Phi) is 3.49. The topological polar surface area (TPSA) is 17.1 Å². The number of benzene rings is 2. The Morgan fingerprint density at radius 3 is 2.68 bits per heavy atom. The highest BCUT2D eigenvalue weighted by Gasteiger charge is 2.10. The first kappa shape index (κ1) is 12.6. The number of fused-ring (bicyclic) bond motifs is 1. The van der Waals surface area contributed by atoms with Crippen LogP contribution in [0.15, 0.2) is 57.7 Å². The molecule has 0 aliphatic rings. The van der Waals surface area contributed by atoms with E-state index in [1.807, 2.05) is 35.7 Å². The highest BCUT2D eigenvalue weighted by Crippen LogP contribution is 2.24. The molecule has 0 N–H and O–H groups in total. The fourth-order valence-corrected chi connectivity index (χ4v) is 3.34. The Labute approximate surface area is 124 Å². The number of halogens is 1. The van der Waals surface area contributed by atoms with Gasteiger partial charge in [-0.1, -0.05) is 42.5 Å². The van der Waals surface area contributed by atoms with Gasteiger partial charge in [0.15, 0.2) is 5.78 Å². The van der Waals surface area contributed by atoms with E-state index < -0.39 is 0 Å². The molecular weight excluding hydrogens is 320 g/mol. The second-order valence-corrected chi connectivity index (χ2v) is 6.67. The van der Waals surface area contributed by atoms with Crippen LogP contribution in [-0.4, -0.2) is 5.78 Å². The Morgan fingerprint density at radius 2 is 1.89 bits per heavy atom. The minimum atomic E-state index is 0.165. The van der Waals surface area contributed by atoms with Crippen LogP contribution in [0.1, 0.15) is 15.9 Å². The van der Waals surface area contributed by atoms with Gasteiger partial charge in [-0.2, -0.15) is 0 Å². The van der Waals surface area contributed by atoms with Crippen LogP contribution >= 0.6 is 27.3 Å². The van der Waals surface area contributed by atoms with Crippen LogP contribution in [0.2, 0.25) is 0 Å². The Bertz CT molecular complexity index is 740. The molecule has 3 heteroatoms. The zero-order chi connectivity index (χ0) is 13.2. The molecule has 0 bridgehead atoms. The van der Waals surface area contributed by atoms with E-state index in [4.69, 9.17) is 0 Å². The lowest BCUT2D eigenvalue weighted by Crippen LogP contribution is -2.02. The smallest absolute Gasteiger partial charge is 0.168 e. The van der Waals surface area contributed by atoms with Crippen molar-refractivity contribution < 1.29 is 4.79 Å². The van der Waals surface area contributed by atoms with Crippen molar-refractivity contribution in [1.82, 2.24) is 0 Å². The van der Waals surface area contributed by atoms with Crippen LogP contribution in [0.3, 0.4) is 0 Å². The van der Waals surface area contributed by atoms with Crippen LogP contribution in [0.25, 0.3) is 10.8 Å². The number of Topliss-reactive ketones (excluding diaryl/α,β-unsaturated/α-hetero) is 1. The predicted molar refractivity (Wildman–Crippen MR) is 84.0 cm³/mol. The molecule has 0 saturated carbocycles. The summed E-state index contributed by atoms with van der Waals surface area (Å²) in [5, 5.41) is 4.24. The van der Waals surface area contributed by atoms with Gasteiger partial charge in [-0.15, -0.1) is 11.3 Å². The van der Waals surface area contributed by atoms with Crippen molar-refractivity contribution in [3.63, 3.8) is 0 Å². The molecule has 0 aliphatic heterocycles. The summed E-state index contributed by atoms with van der Waals surface area (Å²) in [4.78, 5) is 12.3. The van der Waals surface area contributed by atoms with E-state index in [1.165, 1.54) is 5.39 Å². The lowest BCUT2D eigenvalue weighted by Gasteiger charge is -2.05. The lowest BCUT2D eigenvalue weighted by molar-refractivity contribution is 0.0993. The fraction of sp³-hybridized carbons (Fsp3) is 0.0625. The predicted octanol–water partition coefficient (Wildman–Crippen LogP) is 5.09. The molecule has 0 atom stereocenters. The highest BCUT2D eigenvalue weighted by atomic mass is 79.9. The number of hydrogen-bond acceptors (Lipinski definition) is 2. The molecule has 0 aliphatic carbocycles. The third-order valence-corrected chi connectivity index (χ3v) is 4.62. The maximum absolute atomic E-state index is 12.3. The zero-order valence-electron chi connectivity index (χ0n) is 10.1. The average molecular weight is 331 g/mol. The van der Waals surface area contributed by atoms with E-state index in [9.17, 15) is 4.79 Å². The summed E-state index contributed by atoms with van der Waals surface area (Å²) in [5.74, 6) is 0.165. The Hall–Kier alpha value is -1.45. The maximum atomic E-state index is 12.3.